The van der Waals surface area contributed by atoms with Crippen molar-refractivity contribution < 1.29 is 23.8 Å². The molecule has 1 N–H and O–H groups in total. The molecule has 3 aromatic rings. The number of fused-ring (bicyclic) bond motifs is 4. The number of H-pyrrole nitrogens is 1. The van der Waals surface area contributed by atoms with Gasteiger partial charge in [0.2, 0.25) is 11.8 Å². The van der Waals surface area contributed by atoms with Crippen molar-refractivity contribution in [2.24, 2.45) is 0 Å². The summed E-state index contributed by atoms with van der Waals surface area (Å²) in [5.41, 5.74) is 3.74. The molecule has 3 heterocycles. The van der Waals surface area contributed by atoms with Gasteiger partial charge in [0.05, 0.1) is 20.8 Å². The van der Waals surface area contributed by atoms with E-state index in [-0.39, 0.29) is 18.4 Å². The first-order valence-corrected chi connectivity index (χ1v) is 11.5. The first kappa shape index (κ1) is 22.3. The molecule has 0 radical (unpaired) electrons. The van der Waals surface area contributed by atoms with E-state index >= 15 is 0 Å². The smallest absolute Gasteiger partial charge is 0.246 e. The van der Waals surface area contributed by atoms with E-state index in [1.807, 2.05) is 36.4 Å². The van der Waals surface area contributed by atoms with Gasteiger partial charge < -0.3 is 29.0 Å². The van der Waals surface area contributed by atoms with Crippen molar-refractivity contribution in [3.8, 4) is 11.5 Å². The van der Waals surface area contributed by atoms with Crippen LogP contribution in [-0.4, -0.2) is 73.7 Å². The summed E-state index contributed by atoms with van der Waals surface area (Å²) in [4.78, 5) is 34.2. The van der Waals surface area contributed by atoms with Crippen LogP contribution in [0.3, 0.4) is 0 Å². The molecule has 0 unspecified atom stereocenters. The van der Waals surface area contributed by atoms with Gasteiger partial charge in [-0.3, -0.25) is 9.59 Å². The third kappa shape index (κ3) is 3.49. The number of aromatic amines is 1. The fourth-order valence-electron chi connectivity index (χ4n) is 5.36. The van der Waals surface area contributed by atoms with E-state index in [2.05, 4.69) is 11.1 Å². The number of amides is 2. The summed E-state index contributed by atoms with van der Waals surface area (Å²) in [6.07, 6.45) is 1.15. The van der Waals surface area contributed by atoms with Crippen molar-refractivity contribution in [1.29, 1.82) is 0 Å². The van der Waals surface area contributed by atoms with Gasteiger partial charge in [0.25, 0.3) is 0 Å². The monoisotopic (exact) mass is 463 g/mol. The number of carbonyl (C=O) groups is 2. The van der Waals surface area contributed by atoms with E-state index in [1.54, 1.807) is 31.1 Å². The lowest BCUT2D eigenvalue weighted by atomic mass is 9.85. The van der Waals surface area contributed by atoms with E-state index in [1.165, 1.54) is 0 Å². The van der Waals surface area contributed by atoms with Crippen LogP contribution in [0, 0.1) is 0 Å². The Bertz CT molecular complexity index is 1240. The zero-order valence-electron chi connectivity index (χ0n) is 19.7. The largest absolute Gasteiger partial charge is 0.493 e. The number of piperazine rings is 1. The molecule has 2 atom stereocenters. The molecular formula is C26H29N3O5. The van der Waals surface area contributed by atoms with Crippen LogP contribution in [0.4, 0.5) is 0 Å². The number of methoxy groups -OCH3 is 3. The van der Waals surface area contributed by atoms with Gasteiger partial charge in [-0.25, -0.2) is 0 Å². The molecule has 1 saturated heterocycles. The molecule has 8 nitrogen and oxygen atoms in total. The maximum atomic E-state index is 13.6. The molecule has 34 heavy (non-hydrogen) atoms. The molecule has 178 valence electrons. The normalized spacial score (nSPS) is 19.9. The highest BCUT2D eigenvalue weighted by atomic mass is 16.5. The zero-order valence-corrected chi connectivity index (χ0v) is 19.7. The minimum Gasteiger partial charge on any atom is -0.493 e. The second-order valence-electron chi connectivity index (χ2n) is 8.68. The highest BCUT2D eigenvalue weighted by molar-refractivity contribution is 5.97. The highest BCUT2D eigenvalue weighted by Crippen LogP contribution is 2.46. The summed E-state index contributed by atoms with van der Waals surface area (Å²) >= 11 is 0. The van der Waals surface area contributed by atoms with Gasteiger partial charge in [0, 0.05) is 48.8 Å². The molecule has 2 amide bonds. The van der Waals surface area contributed by atoms with Gasteiger partial charge in [-0.15, -0.1) is 0 Å². The fraction of sp³-hybridized carbons (Fsp3) is 0.385. The third-order valence-electron chi connectivity index (χ3n) is 6.85. The van der Waals surface area contributed by atoms with Crippen LogP contribution in [0.5, 0.6) is 11.5 Å². The molecule has 0 aliphatic carbocycles. The summed E-state index contributed by atoms with van der Waals surface area (Å²) in [7, 11) is 4.82. The fourth-order valence-corrected chi connectivity index (χ4v) is 5.36. The van der Waals surface area contributed by atoms with Crippen molar-refractivity contribution in [2.75, 3.05) is 41.0 Å². The maximum Gasteiger partial charge on any atom is 0.246 e. The molecule has 2 aromatic carbocycles. The van der Waals surface area contributed by atoms with E-state index in [0.717, 1.165) is 27.7 Å². The second-order valence-corrected chi connectivity index (χ2v) is 8.68. The molecule has 1 fully saturated rings. The minimum atomic E-state index is -0.587. The summed E-state index contributed by atoms with van der Waals surface area (Å²) in [5.74, 6) is 1.03. The third-order valence-corrected chi connectivity index (χ3v) is 6.85. The molecule has 0 bridgehead atoms. The Morgan fingerprint density at radius 3 is 2.62 bits per heavy atom. The van der Waals surface area contributed by atoms with E-state index in [4.69, 9.17) is 14.2 Å². The Morgan fingerprint density at radius 1 is 1.03 bits per heavy atom. The molecule has 2 aliphatic rings. The molecule has 0 spiro atoms. The van der Waals surface area contributed by atoms with Crippen LogP contribution in [0.15, 0.2) is 42.5 Å². The van der Waals surface area contributed by atoms with Gasteiger partial charge in [-0.05, 0) is 24.1 Å². The number of nitrogens with zero attached hydrogens (tertiary/aromatic N) is 2. The van der Waals surface area contributed by atoms with Gasteiger partial charge >= 0.3 is 0 Å². The van der Waals surface area contributed by atoms with Crippen LogP contribution in [0.1, 0.15) is 29.3 Å². The number of ether oxygens (including phenoxy) is 3. The van der Waals surface area contributed by atoms with Crippen LogP contribution in [-0.2, 0) is 20.7 Å². The molecule has 5 rings (SSSR count). The van der Waals surface area contributed by atoms with Gasteiger partial charge in [0.1, 0.15) is 12.1 Å². The van der Waals surface area contributed by atoms with Crippen molar-refractivity contribution >= 4 is 22.7 Å². The Balaban J connectivity index is 1.67. The average molecular weight is 464 g/mol. The Morgan fingerprint density at radius 2 is 1.85 bits per heavy atom. The number of para-hydroxylation sites is 2. The van der Waals surface area contributed by atoms with Crippen LogP contribution in [0.2, 0.25) is 0 Å². The van der Waals surface area contributed by atoms with Crippen LogP contribution < -0.4 is 9.47 Å². The first-order valence-electron chi connectivity index (χ1n) is 11.5. The van der Waals surface area contributed by atoms with Gasteiger partial charge in [-0.2, -0.15) is 0 Å². The number of carbonyl (C=O) groups excluding carboxylic acids is 2. The number of hydrogen-bond donors (Lipinski definition) is 1. The predicted octanol–water partition coefficient (Wildman–Crippen LogP) is 2.91. The lowest BCUT2D eigenvalue weighted by molar-refractivity contribution is -0.158. The summed E-state index contributed by atoms with van der Waals surface area (Å²) in [6.45, 7) is 1.09. The number of rotatable bonds is 7. The van der Waals surface area contributed by atoms with Crippen molar-refractivity contribution in [3.05, 3.63) is 59.3 Å². The zero-order chi connectivity index (χ0) is 23.8. The van der Waals surface area contributed by atoms with E-state index < -0.39 is 12.1 Å². The Hall–Kier alpha value is -3.52. The van der Waals surface area contributed by atoms with Gasteiger partial charge in [-0.1, -0.05) is 30.3 Å². The second kappa shape index (κ2) is 9.02. The molecule has 0 saturated carbocycles. The highest BCUT2D eigenvalue weighted by Gasteiger charge is 2.48. The van der Waals surface area contributed by atoms with Crippen molar-refractivity contribution in [2.45, 2.75) is 24.9 Å². The molecule has 2 aliphatic heterocycles. The minimum absolute atomic E-state index is 0.0292. The SMILES string of the molecule is COCCCN1CC(=O)N2[C@@H](c3cccc(OC)c3OC)c3[nH]c4ccccc4c3C[C@H]2C1=O. The first-order chi connectivity index (χ1) is 16.6. The topological polar surface area (TPSA) is 84.1 Å². The van der Waals surface area contributed by atoms with Crippen molar-refractivity contribution in [1.82, 2.24) is 14.8 Å². The molecule has 8 heteroatoms. The number of hydrogen-bond acceptors (Lipinski definition) is 5. The molecular weight excluding hydrogens is 434 g/mol. The van der Waals surface area contributed by atoms with E-state index in [0.29, 0.717) is 37.5 Å². The summed E-state index contributed by atoms with van der Waals surface area (Å²) in [5, 5.41) is 1.07. The van der Waals surface area contributed by atoms with E-state index in [9.17, 15) is 9.59 Å². The predicted molar refractivity (Wildman–Crippen MR) is 127 cm³/mol. The maximum absolute atomic E-state index is 13.6. The van der Waals surface area contributed by atoms with Crippen molar-refractivity contribution in [3.63, 3.8) is 0 Å². The molecule has 1 aromatic heterocycles. The Labute approximate surface area is 198 Å². The summed E-state index contributed by atoms with van der Waals surface area (Å²) < 4.78 is 16.4. The number of benzene rings is 2. The van der Waals surface area contributed by atoms with Gasteiger partial charge in [0.15, 0.2) is 11.5 Å². The lowest BCUT2D eigenvalue weighted by Crippen LogP contribution is -2.63. The summed E-state index contributed by atoms with van der Waals surface area (Å²) in [6, 6.07) is 12.6. The average Bonchev–Trinajstić information content (AvgIpc) is 3.23. The lowest BCUT2D eigenvalue weighted by Gasteiger charge is -2.47. The Kier molecular flexibility index (Phi) is 5.91. The van der Waals surface area contributed by atoms with Crippen LogP contribution in [0.25, 0.3) is 10.9 Å². The van der Waals surface area contributed by atoms with Crippen LogP contribution >= 0.6 is 0 Å². The standard InChI is InChI=1S/C26H29N3O5/c1-32-13-7-12-28-15-22(30)29-20(26(28)31)14-18-16-8-4-5-10-19(16)27-23(18)24(29)17-9-6-11-21(33-2)25(17)34-3/h4-6,8-11,20,24,27H,7,12-15H2,1-3H3/t20-,24-/m0/s1. The quantitative estimate of drug-likeness (QED) is 0.545. The number of nitrogens with one attached hydrogen (secondary N) is 1. The number of aromatic nitrogens is 1.